The van der Waals surface area contributed by atoms with Gasteiger partial charge in [0.05, 0.1) is 23.3 Å². The Hall–Kier alpha value is -2.45. The van der Waals surface area contributed by atoms with Gasteiger partial charge in [-0.1, -0.05) is 18.2 Å². The van der Waals surface area contributed by atoms with Crippen LogP contribution in [0.3, 0.4) is 0 Å². The Kier molecular flexibility index (Phi) is 7.01. The summed E-state index contributed by atoms with van der Waals surface area (Å²) in [4.78, 5) is 18.6. The van der Waals surface area contributed by atoms with E-state index >= 15 is 0 Å². The van der Waals surface area contributed by atoms with Crippen molar-refractivity contribution in [2.75, 3.05) is 19.3 Å². The zero-order chi connectivity index (χ0) is 22.6. The summed E-state index contributed by atoms with van der Waals surface area (Å²) in [6.07, 6.45) is 4.35. The molecule has 0 unspecified atom stereocenters. The van der Waals surface area contributed by atoms with Crippen LogP contribution in [0.1, 0.15) is 39.2 Å². The van der Waals surface area contributed by atoms with Crippen LogP contribution in [0.15, 0.2) is 47.5 Å². The number of pyridine rings is 1. The van der Waals surface area contributed by atoms with Crippen molar-refractivity contribution in [1.82, 2.24) is 9.88 Å². The van der Waals surface area contributed by atoms with Crippen molar-refractivity contribution in [2.45, 2.75) is 56.8 Å². The van der Waals surface area contributed by atoms with Gasteiger partial charge in [-0.05, 0) is 57.4 Å². The molecule has 1 aliphatic rings. The molecular formula is C23H30N2O5S. The Labute approximate surface area is 184 Å². The fourth-order valence-corrected chi connectivity index (χ4v) is 3.93. The summed E-state index contributed by atoms with van der Waals surface area (Å²) in [6.45, 7) is 7.30. The highest BCUT2D eigenvalue weighted by Crippen LogP contribution is 2.21. The van der Waals surface area contributed by atoms with Crippen LogP contribution in [-0.2, 0) is 25.9 Å². The topological polar surface area (TPSA) is 85.8 Å². The van der Waals surface area contributed by atoms with Crippen LogP contribution in [0, 0.1) is 0 Å². The van der Waals surface area contributed by atoms with Crippen molar-refractivity contribution in [3.63, 3.8) is 0 Å². The first-order valence-electron chi connectivity index (χ1n) is 10.4. The second kappa shape index (κ2) is 9.36. The van der Waals surface area contributed by atoms with E-state index in [0.29, 0.717) is 24.6 Å². The molecule has 1 fully saturated rings. The number of aromatic nitrogens is 1. The minimum Gasteiger partial charge on any atom is -0.444 e. The Morgan fingerprint density at radius 3 is 2.26 bits per heavy atom. The molecule has 1 aliphatic heterocycles. The molecule has 0 bridgehead atoms. The highest BCUT2D eigenvalue weighted by Gasteiger charge is 2.27. The van der Waals surface area contributed by atoms with Crippen LogP contribution in [0.25, 0.3) is 11.3 Å². The summed E-state index contributed by atoms with van der Waals surface area (Å²) < 4.78 is 34.6. The summed E-state index contributed by atoms with van der Waals surface area (Å²) in [5, 5.41) is 0. The number of piperidine rings is 1. The summed E-state index contributed by atoms with van der Waals surface area (Å²) in [5.74, 6) is 0. The Balaban J connectivity index is 1.48. The summed E-state index contributed by atoms with van der Waals surface area (Å²) in [5.41, 5.74) is 2.11. The van der Waals surface area contributed by atoms with E-state index in [1.807, 2.05) is 32.9 Å². The summed E-state index contributed by atoms with van der Waals surface area (Å²) >= 11 is 0. The first-order chi connectivity index (χ1) is 14.5. The minimum atomic E-state index is -3.21. The number of carbonyl (C=O) groups excluding carboxylic acids is 1. The van der Waals surface area contributed by atoms with Crippen molar-refractivity contribution < 1.29 is 22.7 Å². The Morgan fingerprint density at radius 1 is 1.10 bits per heavy atom. The van der Waals surface area contributed by atoms with E-state index in [1.165, 1.54) is 6.26 Å². The van der Waals surface area contributed by atoms with Crippen LogP contribution < -0.4 is 0 Å². The largest absolute Gasteiger partial charge is 0.444 e. The number of rotatable bonds is 5. The highest BCUT2D eigenvalue weighted by atomic mass is 32.2. The van der Waals surface area contributed by atoms with Crippen molar-refractivity contribution in [2.24, 2.45) is 0 Å². The van der Waals surface area contributed by atoms with Crippen molar-refractivity contribution in [3.05, 3.63) is 48.2 Å². The SMILES string of the molecule is CC(C)(C)OC(=O)N1CCC(OCc2ccc(-c3ccc(S(C)(=O)=O)cc3)nc2)CC1. The number of ether oxygens (including phenoxy) is 2. The molecule has 1 saturated heterocycles. The monoisotopic (exact) mass is 446 g/mol. The van der Waals surface area contributed by atoms with Crippen molar-refractivity contribution >= 4 is 15.9 Å². The second-order valence-electron chi connectivity index (χ2n) is 8.83. The molecule has 2 heterocycles. The number of likely N-dealkylation sites (tertiary alicyclic amines) is 1. The van der Waals surface area contributed by atoms with Crippen LogP contribution in [0.2, 0.25) is 0 Å². The molecule has 1 aromatic heterocycles. The third-order valence-corrected chi connectivity index (χ3v) is 6.11. The lowest BCUT2D eigenvalue weighted by molar-refractivity contribution is -0.0171. The lowest BCUT2D eigenvalue weighted by Gasteiger charge is -2.33. The number of hydrogen-bond acceptors (Lipinski definition) is 6. The van der Waals surface area contributed by atoms with Gasteiger partial charge < -0.3 is 14.4 Å². The lowest BCUT2D eigenvalue weighted by atomic mass is 10.1. The second-order valence-corrected chi connectivity index (χ2v) is 10.8. The van der Waals surface area contributed by atoms with Gasteiger partial charge in [-0.2, -0.15) is 0 Å². The van der Waals surface area contributed by atoms with Gasteiger partial charge in [0.25, 0.3) is 0 Å². The van der Waals surface area contributed by atoms with Gasteiger partial charge in [-0.25, -0.2) is 13.2 Å². The van der Waals surface area contributed by atoms with Crippen molar-refractivity contribution in [3.8, 4) is 11.3 Å². The van der Waals surface area contributed by atoms with E-state index in [4.69, 9.17) is 9.47 Å². The van der Waals surface area contributed by atoms with Gasteiger partial charge in [0, 0.05) is 31.1 Å². The molecule has 3 rings (SSSR count). The molecule has 1 amide bonds. The van der Waals surface area contributed by atoms with Gasteiger partial charge in [0.1, 0.15) is 5.60 Å². The van der Waals surface area contributed by atoms with E-state index in [0.717, 1.165) is 29.7 Å². The average Bonchev–Trinajstić information content (AvgIpc) is 2.71. The van der Waals surface area contributed by atoms with Gasteiger partial charge in [0.2, 0.25) is 0 Å². The fraction of sp³-hybridized carbons (Fsp3) is 0.478. The number of hydrogen-bond donors (Lipinski definition) is 0. The Morgan fingerprint density at radius 2 is 1.74 bits per heavy atom. The molecule has 0 atom stereocenters. The molecule has 0 spiro atoms. The zero-order valence-corrected chi connectivity index (χ0v) is 19.3. The molecule has 0 aliphatic carbocycles. The number of benzene rings is 1. The van der Waals surface area contributed by atoms with Crippen LogP contribution in [0.5, 0.6) is 0 Å². The maximum absolute atomic E-state index is 12.1. The average molecular weight is 447 g/mol. The van der Waals surface area contributed by atoms with Crippen LogP contribution in [-0.4, -0.2) is 55.4 Å². The third-order valence-electron chi connectivity index (χ3n) is 4.98. The molecule has 0 N–H and O–H groups in total. The maximum Gasteiger partial charge on any atom is 0.410 e. The number of sulfone groups is 1. The van der Waals surface area contributed by atoms with Gasteiger partial charge >= 0.3 is 6.09 Å². The molecular weight excluding hydrogens is 416 g/mol. The molecule has 0 radical (unpaired) electrons. The van der Waals surface area contributed by atoms with E-state index in [-0.39, 0.29) is 12.2 Å². The maximum atomic E-state index is 12.1. The van der Waals surface area contributed by atoms with Gasteiger partial charge in [0.15, 0.2) is 9.84 Å². The van der Waals surface area contributed by atoms with E-state index < -0.39 is 15.4 Å². The molecule has 1 aromatic carbocycles. The molecule has 0 saturated carbocycles. The summed E-state index contributed by atoms with van der Waals surface area (Å²) in [6, 6.07) is 10.6. The smallest absolute Gasteiger partial charge is 0.410 e. The zero-order valence-electron chi connectivity index (χ0n) is 18.5. The molecule has 8 heteroatoms. The highest BCUT2D eigenvalue weighted by molar-refractivity contribution is 7.90. The van der Waals surface area contributed by atoms with Crippen LogP contribution in [0.4, 0.5) is 4.79 Å². The Bertz CT molecular complexity index is 988. The molecule has 168 valence electrons. The van der Waals surface area contributed by atoms with E-state index in [2.05, 4.69) is 4.98 Å². The molecule has 2 aromatic rings. The van der Waals surface area contributed by atoms with E-state index in [9.17, 15) is 13.2 Å². The first-order valence-corrected chi connectivity index (χ1v) is 12.3. The quantitative estimate of drug-likeness (QED) is 0.688. The fourth-order valence-electron chi connectivity index (χ4n) is 3.30. The predicted octanol–water partition coefficient (Wildman–Crippen LogP) is 4.07. The normalized spacial score (nSPS) is 15.7. The third kappa shape index (κ3) is 6.77. The summed E-state index contributed by atoms with van der Waals surface area (Å²) in [7, 11) is -3.21. The van der Waals surface area contributed by atoms with Crippen LogP contribution >= 0.6 is 0 Å². The predicted molar refractivity (Wildman–Crippen MR) is 118 cm³/mol. The lowest BCUT2D eigenvalue weighted by Crippen LogP contribution is -2.43. The number of nitrogens with zero attached hydrogens (tertiary/aromatic N) is 2. The molecule has 7 nitrogen and oxygen atoms in total. The van der Waals surface area contributed by atoms with E-state index in [1.54, 1.807) is 35.4 Å². The minimum absolute atomic E-state index is 0.0990. The number of amides is 1. The standard InChI is InChI=1S/C23H30N2O5S/c1-23(2,3)30-22(26)25-13-11-19(12-14-25)29-16-17-5-10-21(24-15-17)18-6-8-20(9-7-18)31(4,27)28/h5-10,15,19H,11-14,16H2,1-4H3. The van der Waals surface area contributed by atoms with Gasteiger partial charge in [-0.15, -0.1) is 0 Å². The first kappa shape index (κ1) is 23.2. The van der Waals surface area contributed by atoms with Crippen molar-refractivity contribution in [1.29, 1.82) is 0 Å². The number of carbonyl (C=O) groups is 1. The van der Waals surface area contributed by atoms with Gasteiger partial charge in [-0.3, -0.25) is 4.98 Å². The molecule has 31 heavy (non-hydrogen) atoms.